The van der Waals surface area contributed by atoms with Crippen molar-refractivity contribution in [2.45, 2.75) is 193 Å². The van der Waals surface area contributed by atoms with E-state index in [4.69, 9.17) is 16.2 Å². The molecule has 1 aromatic rings. The number of esters is 1. The number of hydrogen-bond acceptors (Lipinski definition) is 4. The zero-order valence-electron chi connectivity index (χ0n) is 27.9. The minimum atomic E-state index is -0.339. The molecule has 0 unspecified atom stereocenters. The second kappa shape index (κ2) is 29.4. The summed E-state index contributed by atoms with van der Waals surface area (Å²) in [5.41, 5.74) is 12.9. The van der Waals surface area contributed by atoms with Crippen molar-refractivity contribution in [3.8, 4) is 0 Å². The van der Waals surface area contributed by atoms with E-state index < -0.39 is 0 Å². The SMILES string of the molecule is CCCCCCCCCCCCCCCCCCCCCCCCCCCCCCCOC(=O)c1cc(N)cc(N)c1. The minimum Gasteiger partial charge on any atom is -0.462 e. The van der Waals surface area contributed by atoms with Crippen molar-refractivity contribution in [2.24, 2.45) is 0 Å². The smallest absolute Gasteiger partial charge is 0.338 e. The molecule has 244 valence electrons. The number of ether oxygens (including phenoxy) is 1. The topological polar surface area (TPSA) is 78.3 Å². The molecule has 0 aliphatic rings. The van der Waals surface area contributed by atoms with Crippen molar-refractivity contribution in [3.05, 3.63) is 23.8 Å². The molecule has 0 spiro atoms. The molecular formula is C38H70N2O2. The van der Waals surface area contributed by atoms with Crippen LogP contribution in [0, 0.1) is 0 Å². The molecule has 0 radical (unpaired) electrons. The van der Waals surface area contributed by atoms with Gasteiger partial charge in [0.25, 0.3) is 0 Å². The zero-order valence-corrected chi connectivity index (χ0v) is 27.9. The Hall–Kier alpha value is -1.71. The second-order valence-corrected chi connectivity index (χ2v) is 12.9. The van der Waals surface area contributed by atoms with Crippen molar-refractivity contribution in [1.29, 1.82) is 0 Å². The molecule has 0 aromatic heterocycles. The van der Waals surface area contributed by atoms with Gasteiger partial charge in [0.2, 0.25) is 0 Å². The van der Waals surface area contributed by atoms with E-state index in [1.807, 2.05) is 0 Å². The zero-order chi connectivity index (χ0) is 30.4. The lowest BCUT2D eigenvalue weighted by atomic mass is 10.0. The van der Waals surface area contributed by atoms with Crippen LogP contribution in [0.4, 0.5) is 11.4 Å². The molecule has 1 rings (SSSR count). The summed E-state index contributed by atoms with van der Waals surface area (Å²) in [6.45, 7) is 2.76. The third-order valence-electron chi connectivity index (χ3n) is 8.69. The maximum atomic E-state index is 12.1. The summed E-state index contributed by atoms with van der Waals surface area (Å²) in [5, 5.41) is 0. The Morgan fingerprint density at radius 3 is 1.00 bits per heavy atom. The van der Waals surface area contributed by atoms with Gasteiger partial charge in [-0.3, -0.25) is 0 Å². The number of unbranched alkanes of at least 4 members (excludes halogenated alkanes) is 28. The normalized spacial score (nSPS) is 11.3. The van der Waals surface area contributed by atoms with Crippen LogP contribution in [0.3, 0.4) is 0 Å². The summed E-state index contributed by atoms with van der Waals surface area (Å²) < 4.78 is 5.35. The van der Waals surface area contributed by atoms with Gasteiger partial charge in [0.05, 0.1) is 12.2 Å². The van der Waals surface area contributed by atoms with Gasteiger partial charge in [0, 0.05) is 11.4 Å². The predicted molar refractivity (Wildman–Crippen MR) is 185 cm³/mol. The molecule has 0 fully saturated rings. The van der Waals surface area contributed by atoms with Gasteiger partial charge in [-0.15, -0.1) is 0 Å². The van der Waals surface area contributed by atoms with Crippen molar-refractivity contribution >= 4 is 17.3 Å². The highest BCUT2D eigenvalue weighted by molar-refractivity contribution is 5.91. The van der Waals surface area contributed by atoms with Crippen LogP contribution in [-0.2, 0) is 4.74 Å². The van der Waals surface area contributed by atoms with Gasteiger partial charge in [0.1, 0.15) is 0 Å². The number of nitrogen functional groups attached to an aromatic ring is 2. The molecule has 4 N–H and O–H groups in total. The average molecular weight is 587 g/mol. The van der Waals surface area contributed by atoms with Gasteiger partial charge in [-0.05, 0) is 24.6 Å². The first kappa shape index (κ1) is 38.3. The lowest BCUT2D eigenvalue weighted by Gasteiger charge is -2.07. The van der Waals surface area contributed by atoms with Crippen LogP contribution >= 0.6 is 0 Å². The third kappa shape index (κ3) is 24.8. The highest BCUT2D eigenvalue weighted by Crippen LogP contribution is 2.17. The molecule has 0 atom stereocenters. The number of carbonyl (C=O) groups is 1. The Kier molecular flexibility index (Phi) is 26.8. The summed E-state index contributed by atoms with van der Waals surface area (Å²) in [6, 6.07) is 4.86. The van der Waals surface area contributed by atoms with Crippen LogP contribution < -0.4 is 11.5 Å². The van der Waals surface area contributed by atoms with Gasteiger partial charge in [-0.1, -0.05) is 187 Å². The Morgan fingerprint density at radius 2 is 0.714 bits per heavy atom. The average Bonchev–Trinajstić information content (AvgIpc) is 2.97. The van der Waals surface area contributed by atoms with E-state index in [0.717, 1.165) is 12.8 Å². The fourth-order valence-electron chi connectivity index (χ4n) is 5.99. The maximum Gasteiger partial charge on any atom is 0.338 e. The highest BCUT2D eigenvalue weighted by Gasteiger charge is 2.08. The molecule has 0 saturated heterocycles. The number of anilines is 2. The van der Waals surface area contributed by atoms with E-state index in [2.05, 4.69) is 6.92 Å². The van der Waals surface area contributed by atoms with Crippen LogP contribution in [0.15, 0.2) is 18.2 Å². The van der Waals surface area contributed by atoms with E-state index in [0.29, 0.717) is 23.5 Å². The van der Waals surface area contributed by atoms with E-state index >= 15 is 0 Å². The Morgan fingerprint density at radius 1 is 0.452 bits per heavy atom. The molecule has 0 aliphatic heterocycles. The summed E-state index contributed by atoms with van der Waals surface area (Å²) in [7, 11) is 0. The van der Waals surface area contributed by atoms with Crippen molar-refractivity contribution in [1.82, 2.24) is 0 Å². The molecule has 1 aromatic carbocycles. The molecule has 0 heterocycles. The van der Waals surface area contributed by atoms with Crippen molar-refractivity contribution in [2.75, 3.05) is 18.1 Å². The predicted octanol–water partition coefficient (Wildman–Crippen LogP) is 12.3. The molecule has 4 nitrogen and oxygen atoms in total. The molecule has 42 heavy (non-hydrogen) atoms. The van der Waals surface area contributed by atoms with Crippen molar-refractivity contribution in [3.63, 3.8) is 0 Å². The van der Waals surface area contributed by atoms with Gasteiger partial charge in [-0.2, -0.15) is 0 Å². The first-order valence-electron chi connectivity index (χ1n) is 18.5. The highest BCUT2D eigenvalue weighted by atomic mass is 16.5. The standard InChI is InChI=1S/C38H70N2O2/c1-2-3-4-5-6-7-8-9-10-11-12-13-14-15-16-17-18-19-20-21-22-23-24-25-26-27-28-29-30-31-42-38(41)35-32-36(39)34-37(40)33-35/h32-34H,2-31,39-40H2,1H3. The van der Waals surface area contributed by atoms with E-state index in [1.165, 1.54) is 173 Å². The van der Waals surface area contributed by atoms with E-state index in [-0.39, 0.29) is 5.97 Å². The molecule has 0 amide bonds. The maximum absolute atomic E-state index is 12.1. The summed E-state index contributed by atoms with van der Waals surface area (Å²) in [5.74, 6) is -0.339. The van der Waals surface area contributed by atoms with Crippen LogP contribution in [-0.4, -0.2) is 12.6 Å². The third-order valence-corrected chi connectivity index (χ3v) is 8.69. The van der Waals surface area contributed by atoms with Gasteiger partial charge >= 0.3 is 5.97 Å². The second-order valence-electron chi connectivity index (χ2n) is 12.9. The summed E-state index contributed by atoms with van der Waals surface area (Å²) >= 11 is 0. The lowest BCUT2D eigenvalue weighted by molar-refractivity contribution is 0.0497. The van der Waals surface area contributed by atoms with Gasteiger partial charge in [0.15, 0.2) is 0 Å². The minimum absolute atomic E-state index is 0.339. The molecule has 0 aliphatic carbocycles. The largest absolute Gasteiger partial charge is 0.462 e. The fraction of sp³-hybridized carbons (Fsp3) is 0.816. The van der Waals surface area contributed by atoms with Crippen LogP contribution in [0.1, 0.15) is 203 Å². The number of rotatable bonds is 31. The van der Waals surface area contributed by atoms with E-state index in [1.54, 1.807) is 18.2 Å². The number of carbonyl (C=O) groups excluding carboxylic acids is 1. The first-order valence-corrected chi connectivity index (χ1v) is 18.5. The molecule has 4 heteroatoms. The Labute approximate surface area is 261 Å². The number of nitrogens with two attached hydrogens (primary N) is 2. The summed E-state index contributed by atoms with van der Waals surface area (Å²) in [6.07, 6.45) is 40.6. The Balaban J connectivity index is 1.69. The number of benzene rings is 1. The van der Waals surface area contributed by atoms with Crippen molar-refractivity contribution < 1.29 is 9.53 Å². The van der Waals surface area contributed by atoms with Crippen LogP contribution in [0.5, 0.6) is 0 Å². The molecule has 0 saturated carbocycles. The van der Waals surface area contributed by atoms with Crippen LogP contribution in [0.25, 0.3) is 0 Å². The first-order chi connectivity index (χ1) is 20.6. The monoisotopic (exact) mass is 587 g/mol. The summed E-state index contributed by atoms with van der Waals surface area (Å²) in [4.78, 5) is 12.1. The quantitative estimate of drug-likeness (QED) is 0.0515. The Bertz CT molecular complexity index is 716. The molecular weight excluding hydrogens is 516 g/mol. The number of hydrogen-bond donors (Lipinski definition) is 2. The van der Waals surface area contributed by atoms with E-state index in [9.17, 15) is 4.79 Å². The van der Waals surface area contributed by atoms with Gasteiger partial charge in [-0.25, -0.2) is 4.79 Å². The lowest BCUT2D eigenvalue weighted by Crippen LogP contribution is -2.07. The van der Waals surface area contributed by atoms with Crippen LogP contribution in [0.2, 0.25) is 0 Å². The fourth-order valence-corrected chi connectivity index (χ4v) is 5.99. The molecule has 0 bridgehead atoms. The van der Waals surface area contributed by atoms with Gasteiger partial charge < -0.3 is 16.2 Å².